The Hall–Kier alpha value is -2.72. The molecule has 0 bridgehead atoms. The van der Waals surface area contributed by atoms with Crippen LogP contribution in [0.4, 0.5) is 20.7 Å². The Kier molecular flexibility index (Phi) is 5.87. The van der Waals surface area contributed by atoms with Gasteiger partial charge in [0.25, 0.3) is 0 Å². The van der Waals surface area contributed by atoms with Gasteiger partial charge in [0.1, 0.15) is 22.7 Å². The van der Waals surface area contributed by atoms with Crippen LogP contribution in [-0.4, -0.2) is 62.5 Å². The Balaban J connectivity index is 1.51. The molecule has 8 nitrogen and oxygen atoms in total. The minimum absolute atomic E-state index is 0.199. The van der Waals surface area contributed by atoms with Crippen molar-refractivity contribution in [3.05, 3.63) is 28.9 Å². The summed E-state index contributed by atoms with van der Waals surface area (Å²) in [6.45, 7) is 6.69. The number of anilines is 2. The number of nitrogens with one attached hydrogen (secondary N) is 1. The number of rotatable bonds is 5. The summed E-state index contributed by atoms with van der Waals surface area (Å²) < 4.78 is 25.6. The molecule has 0 saturated carbocycles. The molecular weight excluding hydrogens is 411 g/mol. The van der Waals surface area contributed by atoms with Crippen LogP contribution in [0, 0.1) is 12.7 Å². The van der Waals surface area contributed by atoms with E-state index in [1.165, 1.54) is 29.2 Å². The first-order valence-corrected chi connectivity index (χ1v) is 10.6. The van der Waals surface area contributed by atoms with Gasteiger partial charge in [0.05, 0.1) is 32.0 Å². The number of nitrogens with zero attached hydrogens (tertiary/aromatic N) is 3. The second-order valence-electron chi connectivity index (χ2n) is 7.22. The average molecular weight is 434 g/mol. The average Bonchev–Trinajstić information content (AvgIpc) is 3.29. The van der Waals surface area contributed by atoms with Gasteiger partial charge in [0.2, 0.25) is 5.91 Å². The number of morpholine rings is 1. The van der Waals surface area contributed by atoms with Crippen LogP contribution in [0.5, 0.6) is 0 Å². The highest BCUT2D eigenvalue weighted by Crippen LogP contribution is 2.35. The summed E-state index contributed by atoms with van der Waals surface area (Å²) in [6, 6.07) is 4.65. The molecule has 2 aliphatic rings. The Bertz CT molecular complexity index is 960. The van der Waals surface area contributed by atoms with Gasteiger partial charge in [-0.3, -0.25) is 9.69 Å². The van der Waals surface area contributed by atoms with Crippen LogP contribution in [0.15, 0.2) is 18.2 Å². The fraction of sp³-hybridized carbons (Fsp3) is 0.450. The van der Waals surface area contributed by atoms with Crippen LogP contribution in [-0.2, 0) is 14.3 Å². The van der Waals surface area contributed by atoms with Crippen LogP contribution in [0.25, 0.3) is 10.6 Å². The highest BCUT2D eigenvalue weighted by Gasteiger charge is 2.33. The molecule has 1 N–H and O–H groups in total. The van der Waals surface area contributed by atoms with Crippen LogP contribution in [0.3, 0.4) is 0 Å². The van der Waals surface area contributed by atoms with Crippen molar-refractivity contribution in [1.29, 1.82) is 0 Å². The van der Waals surface area contributed by atoms with Gasteiger partial charge in [-0.15, -0.1) is 11.3 Å². The molecule has 0 radical (unpaired) electrons. The lowest BCUT2D eigenvalue weighted by molar-refractivity contribution is -0.119. The summed E-state index contributed by atoms with van der Waals surface area (Å²) >= 11 is 1.44. The number of carbonyl (C=O) groups excluding carboxylic acids is 2. The van der Waals surface area contributed by atoms with Crippen molar-refractivity contribution >= 4 is 34.8 Å². The lowest BCUT2D eigenvalue weighted by Crippen LogP contribution is -2.36. The van der Waals surface area contributed by atoms with E-state index in [-0.39, 0.29) is 19.0 Å². The van der Waals surface area contributed by atoms with E-state index >= 15 is 0 Å². The smallest absolute Gasteiger partial charge is 0.414 e. The number of thiazole rings is 1. The number of amides is 2. The molecule has 2 fully saturated rings. The van der Waals surface area contributed by atoms with E-state index in [9.17, 15) is 14.0 Å². The number of aromatic nitrogens is 1. The third-order valence-corrected chi connectivity index (χ3v) is 6.02. The van der Waals surface area contributed by atoms with Crippen molar-refractivity contribution in [1.82, 2.24) is 10.3 Å². The van der Waals surface area contributed by atoms with Gasteiger partial charge in [0, 0.05) is 30.5 Å². The van der Waals surface area contributed by atoms with Crippen molar-refractivity contribution in [2.45, 2.75) is 20.0 Å². The van der Waals surface area contributed by atoms with Gasteiger partial charge in [0.15, 0.2) is 0 Å². The third kappa shape index (κ3) is 4.24. The maximum absolute atomic E-state index is 14.9. The molecule has 2 amide bonds. The standard InChI is InChI=1S/C20H23FN4O4S/c1-12-18(24-5-7-28-8-6-24)23-19(30-12)16-4-3-14(9-17(16)21)25-11-15(29-20(25)27)10-22-13(2)26/h3-4,9,15H,5-8,10-11H2,1-2H3,(H,22,26). The first-order valence-electron chi connectivity index (χ1n) is 9.75. The number of halogens is 1. The highest BCUT2D eigenvalue weighted by atomic mass is 32.1. The summed E-state index contributed by atoms with van der Waals surface area (Å²) in [5, 5.41) is 3.22. The molecule has 10 heteroatoms. The van der Waals surface area contributed by atoms with E-state index in [2.05, 4.69) is 15.2 Å². The van der Waals surface area contributed by atoms with E-state index in [4.69, 9.17) is 9.47 Å². The van der Waals surface area contributed by atoms with Crippen molar-refractivity contribution < 1.29 is 23.5 Å². The topological polar surface area (TPSA) is 84.0 Å². The predicted molar refractivity (Wildman–Crippen MR) is 112 cm³/mol. The molecule has 4 rings (SSSR count). The number of benzene rings is 1. The zero-order valence-corrected chi connectivity index (χ0v) is 17.6. The number of carbonyl (C=O) groups is 2. The van der Waals surface area contributed by atoms with E-state index < -0.39 is 18.0 Å². The Morgan fingerprint density at radius 3 is 2.83 bits per heavy atom. The van der Waals surface area contributed by atoms with E-state index in [0.717, 1.165) is 23.8 Å². The first-order chi connectivity index (χ1) is 14.4. The fourth-order valence-electron chi connectivity index (χ4n) is 3.51. The molecule has 1 atom stereocenters. The zero-order valence-electron chi connectivity index (χ0n) is 16.8. The summed E-state index contributed by atoms with van der Waals surface area (Å²) in [5.74, 6) is 0.216. The Morgan fingerprint density at radius 2 is 2.13 bits per heavy atom. The largest absolute Gasteiger partial charge is 0.442 e. The molecule has 1 aromatic heterocycles. The lowest BCUT2D eigenvalue weighted by Gasteiger charge is -2.27. The van der Waals surface area contributed by atoms with Crippen LogP contribution >= 0.6 is 11.3 Å². The molecule has 30 heavy (non-hydrogen) atoms. The summed E-state index contributed by atoms with van der Waals surface area (Å²) in [4.78, 5) is 32.4. The van der Waals surface area contributed by atoms with Gasteiger partial charge < -0.3 is 19.7 Å². The summed E-state index contributed by atoms with van der Waals surface area (Å²) in [5.41, 5.74) is 0.807. The quantitative estimate of drug-likeness (QED) is 0.779. The van der Waals surface area contributed by atoms with Crippen molar-refractivity contribution in [3.63, 3.8) is 0 Å². The molecular formula is C20H23FN4O4S. The molecule has 0 aliphatic carbocycles. The van der Waals surface area contributed by atoms with Crippen LogP contribution < -0.4 is 15.1 Å². The van der Waals surface area contributed by atoms with Crippen LogP contribution in [0.1, 0.15) is 11.8 Å². The van der Waals surface area contributed by atoms with Crippen molar-refractivity contribution in [2.75, 3.05) is 49.2 Å². The van der Waals surface area contributed by atoms with Gasteiger partial charge in [-0.2, -0.15) is 0 Å². The van der Waals surface area contributed by atoms with Gasteiger partial charge >= 0.3 is 6.09 Å². The second kappa shape index (κ2) is 8.57. The maximum atomic E-state index is 14.9. The fourth-order valence-corrected chi connectivity index (χ4v) is 4.48. The van der Waals surface area contributed by atoms with Crippen LogP contribution in [0.2, 0.25) is 0 Å². The molecule has 3 heterocycles. The lowest BCUT2D eigenvalue weighted by atomic mass is 10.2. The van der Waals surface area contributed by atoms with Gasteiger partial charge in [-0.25, -0.2) is 14.2 Å². The van der Waals surface area contributed by atoms with E-state index in [0.29, 0.717) is 29.5 Å². The summed E-state index contributed by atoms with van der Waals surface area (Å²) in [6.07, 6.45) is -1.03. The molecule has 2 aromatic rings. The predicted octanol–water partition coefficient (Wildman–Crippen LogP) is 2.56. The van der Waals surface area contributed by atoms with Crippen molar-refractivity contribution in [3.8, 4) is 10.6 Å². The second-order valence-corrected chi connectivity index (χ2v) is 8.42. The minimum atomic E-state index is -0.558. The molecule has 160 valence electrons. The van der Waals surface area contributed by atoms with Crippen molar-refractivity contribution in [2.24, 2.45) is 0 Å². The number of aryl methyl sites for hydroxylation is 1. The first kappa shape index (κ1) is 20.5. The third-order valence-electron chi connectivity index (χ3n) is 5.03. The highest BCUT2D eigenvalue weighted by molar-refractivity contribution is 7.15. The monoisotopic (exact) mass is 434 g/mol. The SMILES string of the molecule is CC(=O)NCC1CN(c2ccc(-c3nc(N4CCOCC4)c(C)s3)c(F)c2)C(=O)O1. The normalized spacial score (nSPS) is 19.2. The maximum Gasteiger partial charge on any atom is 0.414 e. The summed E-state index contributed by atoms with van der Waals surface area (Å²) in [7, 11) is 0. The molecule has 2 saturated heterocycles. The molecule has 1 aromatic carbocycles. The number of cyclic esters (lactones) is 1. The molecule has 1 unspecified atom stereocenters. The minimum Gasteiger partial charge on any atom is -0.442 e. The van der Waals surface area contributed by atoms with Gasteiger partial charge in [-0.05, 0) is 25.1 Å². The zero-order chi connectivity index (χ0) is 21.3. The van der Waals surface area contributed by atoms with Gasteiger partial charge in [-0.1, -0.05) is 0 Å². The molecule has 0 spiro atoms. The van der Waals surface area contributed by atoms with E-state index in [1.807, 2.05) is 6.92 Å². The number of ether oxygens (including phenoxy) is 2. The number of hydrogen-bond acceptors (Lipinski definition) is 7. The Morgan fingerprint density at radius 1 is 1.37 bits per heavy atom. The van der Waals surface area contributed by atoms with E-state index in [1.54, 1.807) is 12.1 Å². The Labute approximate surface area is 177 Å². The molecule has 2 aliphatic heterocycles. The number of hydrogen-bond donors (Lipinski definition) is 1.